The summed E-state index contributed by atoms with van der Waals surface area (Å²) >= 11 is 3.43. The van der Waals surface area contributed by atoms with Gasteiger partial charge in [-0.05, 0) is 35.9 Å². The third-order valence-electron chi connectivity index (χ3n) is 3.08. The molecule has 0 saturated heterocycles. The minimum absolute atomic E-state index is 0.117. The van der Waals surface area contributed by atoms with E-state index in [4.69, 9.17) is 5.11 Å². The van der Waals surface area contributed by atoms with Gasteiger partial charge in [-0.3, -0.25) is 0 Å². The van der Waals surface area contributed by atoms with Crippen molar-refractivity contribution >= 4 is 27.6 Å². The summed E-state index contributed by atoms with van der Waals surface area (Å²) in [7, 11) is 1.87. The van der Waals surface area contributed by atoms with Gasteiger partial charge in [-0.1, -0.05) is 28.1 Å². The van der Waals surface area contributed by atoms with E-state index in [1.165, 1.54) is 12.1 Å². The molecule has 0 aliphatic heterocycles. The molecule has 4 nitrogen and oxygen atoms in total. The largest absolute Gasteiger partial charge is 0.478 e. The Labute approximate surface area is 131 Å². The number of benzene rings is 2. The van der Waals surface area contributed by atoms with Gasteiger partial charge in [0, 0.05) is 18.1 Å². The van der Waals surface area contributed by atoms with Gasteiger partial charge in [-0.25, -0.2) is 4.79 Å². The van der Waals surface area contributed by atoms with Crippen molar-refractivity contribution in [3.63, 3.8) is 0 Å². The summed E-state index contributed by atoms with van der Waals surface area (Å²) in [6.07, 6.45) is 0. The Morgan fingerprint density at radius 2 is 2.10 bits per heavy atom. The zero-order valence-corrected chi connectivity index (χ0v) is 13.0. The van der Waals surface area contributed by atoms with Crippen molar-refractivity contribution in [1.29, 1.82) is 5.26 Å². The van der Waals surface area contributed by atoms with Gasteiger partial charge >= 0.3 is 5.97 Å². The van der Waals surface area contributed by atoms with Crippen molar-refractivity contribution in [2.24, 2.45) is 0 Å². The van der Waals surface area contributed by atoms with Crippen LogP contribution in [0.3, 0.4) is 0 Å². The zero-order chi connectivity index (χ0) is 15.4. The molecule has 0 amide bonds. The van der Waals surface area contributed by atoms with Crippen LogP contribution >= 0.6 is 15.9 Å². The van der Waals surface area contributed by atoms with E-state index in [1.807, 2.05) is 36.2 Å². The van der Waals surface area contributed by atoms with Crippen LogP contribution in [0, 0.1) is 11.3 Å². The highest BCUT2D eigenvalue weighted by molar-refractivity contribution is 9.10. The van der Waals surface area contributed by atoms with Gasteiger partial charge in [-0.2, -0.15) is 5.26 Å². The summed E-state index contributed by atoms with van der Waals surface area (Å²) in [5, 5.41) is 18.2. The van der Waals surface area contributed by atoms with Crippen molar-refractivity contribution < 1.29 is 9.90 Å². The highest BCUT2D eigenvalue weighted by Gasteiger charge is 2.12. The van der Waals surface area contributed by atoms with E-state index in [0.717, 1.165) is 10.0 Å². The molecule has 0 aliphatic carbocycles. The first-order chi connectivity index (χ1) is 10.0. The maximum Gasteiger partial charge on any atom is 0.335 e. The number of halogens is 1. The highest BCUT2D eigenvalue weighted by atomic mass is 79.9. The van der Waals surface area contributed by atoms with Crippen LogP contribution in [0.1, 0.15) is 21.5 Å². The molecular formula is C16H13BrN2O2. The second-order valence-electron chi connectivity index (χ2n) is 4.63. The molecule has 0 saturated carbocycles. The molecule has 0 bridgehead atoms. The third-order valence-corrected chi connectivity index (χ3v) is 3.58. The van der Waals surface area contributed by atoms with E-state index < -0.39 is 5.97 Å². The monoisotopic (exact) mass is 344 g/mol. The summed E-state index contributed by atoms with van der Waals surface area (Å²) in [6, 6.07) is 14.5. The fraction of sp³-hybridized carbons (Fsp3) is 0.125. The standard InChI is InChI=1S/C16H13BrN2O2/c1-19(10-11-3-2-4-14(17)7-11)15-6-5-12(16(20)21)8-13(15)9-18/h2-8H,10H2,1H3,(H,20,21). The van der Waals surface area contributed by atoms with Crippen LogP contribution < -0.4 is 4.90 Å². The second kappa shape index (κ2) is 6.42. The maximum absolute atomic E-state index is 11.0. The molecule has 2 rings (SSSR count). The van der Waals surface area contributed by atoms with E-state index in [0.29, 0.717) is 17.8 Å². The molecule has 0 fully saturated rings. The van der Waals surface area contributed by atoms with Crippen molar-refractivity contribution in [2.75, 3.05) is 11.9 Å². The molecule has 2 aromatic rings. The Morgan fingerprint density at radius 1 is 1.33 bits per heavy atom. The summed E-state index contributed by atoms with van der Waals surface area (Å²) in [5.74, 6) is -1.03. The first-order valence-electron chi connectivity index (χ1n) is 6.24. The number of nitriles is 1. The number of hydrogen-bond donors (Lipinski definition) is 1. The average molecular weight is 345 g/mol. The van der Waals surface area contributed by atoms with Crippen molar-refractivity contribution in [3.8, 4) is 6.07 Å². The summed E-state index contributed by atoms with van der Waals surface area (Å²) < 4.78 is 0.995. The molecule has 0 spiro atoms. The molecule has 21 heavy (non-hydrogen) atoms. The van der Waals surface area contributed by atoms with Gasteiger partial charge in [0.1, 0.15) is 6.07 Å². The number of anilines is 1. The van der Waals surface area contributed by atoms with E-state index >= 15 is 0 Å². The lowest BCUT2D eigenvalue weighted by atomic mass is 10.1. The van der Waals surface area contributed by atoms with Crippen LogP contribution in [0.2, 0.25) is 0 Å². The van der Waals surface area contributed by atoms with E-state index in [1.54, 1.807) is 6.07 Å². The molecule has 0 heterocycles. The number of nitrogens with zero attached hydrogens (tertiary/aromatic N) is 2. The zero-order valence-electron chi connectivity index (χ0n) is 11.4. The molecule has 0 atom stereocenters. The number of carboxylic acids is 1. The van der Waals surface area contributed by atoms with Gasteiger partial charge in [0.25, 0.3) is 0 Å². The molecule has 5 heteroatoms. The van der Waals surface area contributed by atoms with Crippen molar-refractivity contribution in [1.82, 2.24) is 0 Å². The second-order valence-corrected chi connectivity index (χ2v) is 5.55. The van der Waals surface area contributed by atoms with Crippen LogP contribution in [0.4, 0.5) is 5.69 Å². The molecule has 0 radical (unpaired) electrons. The summed E-state index contributed by atoms with van der Waals surface area (Å²) in [4.78, 5) is 12.9. The van der Waals surface area contributed by atoms with Crippen LogP contribution in [-0.2, 0) is 6.54 Å². The van der Waals surface area contributed by atoms with Crippen molar-refractivity contribution in [3.05, 3.63) is 63.6 Å². The van der Waals surface area contributed by atoms with Crippen LogP contribution in [0.5, 0.6) is 0 Å². The maximum atomic E-state index is 11.0. The van der Waals surface area contributed by atoms with Gasteiger partial charge < -0.3 is 10.0 Å². The summed E-state index contributed by atoms with van der Waals surface area (Å²) in [5.41, 5.74) is 2.28. The van der Waals surface area contributed by atoms with Crippen molar-refractivity contribution in [2.45, 2.75) is 6.54 Å². The average Bonchev–Trinajstić information content (AvgIpc) is 2.46. The van der Waals surface area contributed by atoms with E-state index in [2.05, 4.69) is 22.0 Å². The SMILES string of the molecule is CN(Cc1cccc(Br)c1)c1ccc(C(=O)O)cc1C#N. The Balaban J connectivity index is 2.29. The number of carbonyl (C=O) groups is 1. The molecule has 0 aromatic heterocycles. The number of aromatic carboxylic acids is 1. The van der Waals surface area contributed by atoms with Gasteiger partial charge in [-0.15, -0.1) is 0 Å². The Bertz CT molecular complexity index is 722. The minimum Gasteiger partial charge on any atom is -0.478 e. The fourth-order valence-electron chi connectivity index (χ4n) is 2.09. The number of carboxylic acid groups (broad SMARTS) is 1. The van der Waals surface area contributed by atoms with Crippen LogP contribution in [-0.4, -0.2) is 18.1 Å². The number of rotatable bonds is 4. The fourth-order valence-corrected chi connectivity index (χ4v) is 2.53. The predicted molar refractivity (Wildman–Crippen MR) is 84.4 cm³/mol. The normalized spacial score (nSPS) is 9.95. The van der Waals surface area contributed by atoms with Gasteiger partial charge in [0.2, 0.25) is 0 Å². The lowest BCUT2D eigenvalue weighted by Gasteiger charge is -2.21. The first-order valence-corrected chi connectivity index (χ1v) is 7.03. The third kappa shape index (κ3) is 3.61. The Kier molecular flexibility index (Phi) is 4.61. The van der Waals surface area contributed by atoms with E-state index in [9.17, 15) is 10.1 Å². The first kappa shape index (κ1) is 15.1. The Morgan fingerprint density at radius 3 is 2.71 bits per heavy atom. The highest BCUT2D eigenvalue weighted by Crippen LogP contribution is 2.23. The molecule has 2 aromatic carbocycles. The minimum atomic E-state index is -1.03. The smallest absolute Gasteiger partial charge is 0.335 e. The molecular weight excluding hydrogens is 332 g/mol. The van der Waals surface area contributed by atoms with E-state index in [-0.39, 0.29) is 5.56 Å². The molecule has 0 unspecified atom stereocenters. The summed E-state index contributed by atoms with van der Waals surface area (Å²) in [6.45, 7) is 0.626. The molecule has 1 N–H and O–H groups in total. The van der Waals surface area contributed by atoms with Gasteiger partial charge in [0.15, 0.2) is 0 Å². The number of hydrogen-bond acceptors (Lipinski definition) is 3. The molecule has 0 aliphatic rings. The lowest BCUT2D eigenvalue weighted by molar-refractivity contribution is 0.0697. The molecule has 106 valence electrons. The topological polar surface area (TPSA) is 64.3 Å². The quantitative estimate of drug-likeness (QED) is 0.919. The van der Waals surface area contributed by atoms with Crippen LogP contribution in [0.15, 0.2) is 46.9 Å². The Hall–Kier alpha value is -2.32. The van der Waals surface area contributed by atoms with Gasteiger partial charge in [0.05, 0.1) is 16.8 Å². The lowest BCUT2D eigenvalue weighted by Crippen LogP contribution is -2.18. The van der Waals surface area contributed by atoms with Crippen LogP contribution in [0.25, 0.3) is 0 Å². The predicted octanol–water partition coefficient (Wildman–Crippen LogP) is 3.66.